The summed E-state index contributed by atoms with van der Waals surface area (Å²) in [6, 6.07) is 10.8. The van der Waals surface area contributed by atoms with Crippen LogP contribution in [0.3, 0.4) is 0 Å². The summed E-state index contributed by atoms with van der Waals surface area (Å²) >= 11 is 4.85. The van der Waals surface area contributed by atoms with E-state index in [-0.39, 0.29) is 16.6 Å². The van der Waals surface area contributed by atoms with Crippen LogP contribution in [-0.2, 0) is 0 Å². The Morgan fingerprint density at radius 1 is 1.12 bits per heavy atom. The second-order valence-corrected chi connectivity index (χ2v) is 4.05. The summed E-state index contributed by atoms with van der Waals surface area (Å²) in [5.74, 6) is -0.213. The molecule has 4 heteroatoms. The van der Waals surface area contributed by atoms with Crippen molar-refractivity contribution in [3.05, 3.63) is 53.8 Å². The number of hydrogen-bond donors (Lipinski definition) is 2. The van der Waals surface area contributed by atoms with Gasteiger partial charge in [0.2, 0.25) is 0 Å². The van der Waals surface area contributed by atoms with Crippen LogP contribution in [0, 0.1) is 5.82 Å². The topological polar surface area (TPSA) is 46.2 Å². The molecule has 0 saturated heterocycles. The molecule has 2 aromatic rings. The maximum absolute atomic E-state index is 13.7. The summed E-state index contributed by atoms with van der Waals surface area (Å²) < 4.78 is 13.7. The predicted molar refractivity (Wildman–Crippen MR) is 69.4 cm³/mol. The minimum Gasteiger partial charge on any atom is -0.508 e. The highest BCUT2D eigenvalue weighted by Gasteiger charge is 2.07. The van der Waals surface area contributed by atoms with Crippen molar-refractivity contribution in [1.29, 1.82) is 0 Å². The van der Waals surface area contributed by atoms with Gasteiger partial charge in [0.25, 0.3) is 0 Å². The summed E-state index contributed by atoms with van der Waals surface area (Å²) in [6.07, 6.45) is 0. The Hall–Kier alpha value is -1.94. The van der Waals surface area contributed by atoms with Crippen molar-refractivity contribution in [3.8, 4) is 16.9 Å². The van der Waals surface area contributed by atoms with Crippen molar-refractivity contribution in [2.75, 3.05) is 0 Å². The van der Waals surface area contributed by atoms with Crippen molar-refractivity contribution in [2.24, 2.45) is 5.73 Å². The normalized spacial score (nSPS) is 10.2. The highest BCUT2D eigenvalue weighted by molar-refractivity contribution is 7.80. The Balaban J connectivity index is 2.54. The summed E-state index contributed by atoms with van der Waals surface area (Å²) in [7, 11) is 0. The summed E-state index contributed by atoms with van der Waals surface area (Å²) in [5, 5.41) is 9.18. The zero-order valence-electron chi connectivity index (χ0n) is 8.85. The lowest BCUT2D eigenvalue weighted by Crippen LogP contribution is -2.09. The Labute approximate surface area is 104 Å². The smallest absolute Gasteiger partial charge is 0.131 e. The third-order valence-electron chi connectivity index (χ3n) is 2.43. The number of benzene rings is 2. The first-order chi connectivity index (χ1) is 8.08. The number of hydrogen-bond acceptors (Lipinski definition) is 2. The molecule has 0 aliphatic heterocycles. The second kappa shape index (κ2) is 4.51. The second-order valence-electron chi connectivity index (χ2n) is 3.61. The Morgan fingerprint density at radius 3 is 2.35 bits per heavy atom. The average molecular weight is 247 g/mol. The molecule has 0 aromatic heterocycles. The minimum absolute atomic E-state index is 0.139. The molecule has 0 bridgehead atoms. The van der Waals surface area contributed by atoms with Crippen LogP contribution < -0.4 is 5.73 Å². The third-order valence-corrected chi connectivity index (χ3v) is 2.66. The number of rotatable bonds is 2. The van der Waals surface area contributed by atoms with Gasteiger partial charge in [-0.15, -0.1) is 0 Å². The summed E-state index contributed by atoms with van der Waals surface area (Å²) in [6.45, 7) is 0. The molecule has 0 heterocycles. The summed E-state index contributed by atoms with van der Waals surface area (Å²) in [5.41, 5.74) is 7.20. The molecule has 0 aliphatic rings. The Kier molecular flexibility index (Phi) is 3.06. The van der Waals surface area contributed by atoms with Crippen LogP contribution in [0.1, 0.15) is 5.56 Å². The number of aromatic hydroxyl groups is 1. The fourth-order valence-electron chi connectivity index (χ4n) is 1.54. The molecule has 0 amide bonds. The number of halogens is 1. The fourth-order valence-corrected chi connectivity index (χ4v) is 1.67. The molecule has 3 N–H and O–H groups in total. The van der Waals surface area contributed by atoms with E-state index in [1.54, 1.807) is 24.3 Å². The van der Waals surface area contributed by atoms with Gasteiger partial charge in [0.1, 0.15) is 16.6 Å². The number of phenols is 1. The van der Waals surface area contributed by atoms with E-state index < -0.39 is 0 Å². The molecule has 0 radical (unpaired) electrons. The van der Waals surface area contributed by atoms with Crippen molar-refractivity contribution < 1.29 is 9.50 Å². The van der Waals surface area contributed by atoms with E-state index in [0.29, 0.717) is 16.7 Å². The van der Waals surface area contributed by atoms with Crippen molar-refractivity contribution in [1.82, 2.24) is 0 Å². The molecule has 0 unspecified atom stereocenters. The molecule has 17 heavy (non-hydrogen) atoms. The van der Waals surface area contributed by atoms with E-state index in [1.807, 2.05) is 0 Å². The first kappa shape index (κ1) is 11.5. The lowest BCUT2D eigenvalue weighted by molar-refractivity contribution is 0.475. The van der Waals surface area contributed by atoms with Crippen molar-refractivity contribution >= 4 is 17.2 Å². The van der Waals surface area contributed by atoms with Crippen LogP contribution in [0.4, 0.5) is 4.39 Å². The van der Waals surface area contributed by atoms with Gasteiger partial charge in [-0.3, -0.25) is 0 Å². The van der Waals surface area contributed by atoms with Gasteiger partial charge < -0.3 is 10.8 Å². The molecular weight excluding hydrogens is 237 g/mol. The molecule has 2 aromatic carbocycles. The van der Waals surface area contributed by atoms with Gasteiger partial charge in [0.05, 0.1) is 0 Å². The molecule has 0 fully saturated rings. The van der Waals surface area contributed by atoms with Crippen LogP contribution in [0.2, 0.25) is 0 Å². The zero-order chi connectivity index (χ0) is 12.4. The molecule has 0 atom stereocenters. The van der Waals surface area contributed by atoms with Crippen molar-refractivity contribution in [2.45, 2.75) is 0 Å². The lowest BCUT2D eigenvalue weighted by atomic mass is 10.0. The van der Waals surface area contributed by atoms with Gasteiger partial charge in [-0.1, -0.05) is 24.4 Å². The van der Waals surface area contributed by atoms with Crippen molar-refractivity contribution in [3.63, 3.8) is 0 Å². The predicted octanol–water partition coefficient (Wildman–Crippen LogP) is 2.83. The molecule has 2 nitrogen and oxygen atoms in total. The van der Waals surface area contributed by atoms with Crippen LogP contribution in [0.15, 0.2) is 42.5 Å². The first-order valence-electron chi connectivity index (χ1n) is 4.96. The Bertz CT molecular complexity index is 566. The van der Waals surface area contributed by atoms with Gasteiger partial charge >= 0.3 is 0 Å². The van der Waals surface area contributed by atoms with Gasteiger partial charge in [-0.25, -0.2) is 4.39 Å². The van der Waals surface area contributed by atoms with E-state index in [0.717, 1.165) is 0 Å². The third kappa shape index (κ3) is 2.42. The van der Waals surface area contributed by atoms with Crippen LogP contribution >= 0.6 is 12.2 Å². The zero-order valence-corrected chi connectivity index (χ0v) is 9.67. The van der Waals surface area contributed by atoms with Crippen LogP contribution in [-0.4, -0.2) is 10.1 Å². The highest BCUT2D eigenvalue weighted by atomic mass is 32.1. The fraction of sp³-hybridized carbons (Fsp3) is 0. The van der Waals surface area contributed by atoms with E-state index >= 15 is 0 Å². The SMILES string of the molecule is NC(=S)c1ccc(F)c(-c2ccc(O)cc2)c1. The molecule has 86 valence electrons. The maximum Gasteiger partial charge on any atom is 0.131 e. The van der Waals surface area contributed by atoms with Gasteiger partial charge in [-0.2, -0.15) is 0 Å². The largest absolute Gasteiger partial charge is 0.508 e. The van der Waals surface area contributed by atoms with E-state index in [2.05, 4.69) is 0 Å². The maximum atomic E-state index is 13.7. The molecule has 2 rings (SSSR count). The van der Waals surface area contributed by atoms with E-state index in [4.69, 9.17) is 18.0 Å². The minimum atomic E-state index is -0.351. The highest BCUT2D eigenvalue weighted by Crippen LogP contribution is 2.25. The van der Waals surface area contributed by atoms with Crippen LogP contribution in [0.25, 0.3) is 11.1 Å². The lowest BCUT2D eigenvalue weighted by Gasteiger charge is -2.06. The molecule has 0 saturated carbocycles. The monoisotopic (exact) mass is 247 g/mol. The standard InChI is InChI=1S/C13H10FNOS/c14-12-6-3-9(13(15)17)7-11(12)8-1-4-10(16)5-2-8/h1-7,16H,(H2,15,17). The average Bonchev–Trinajstić information content (AvgIpc) is 2.31. The molecular formula is C13H10FNOS. The first-order valence-corrected chi connectivity index (χ1v) is 5.37. The number of nitrogens with two attached hydrogens (primary N) is 1. The number of phenolic OH excluding ortho intramolecular Hbond substituents is 1. The molecule has 0 spiro atoms. The van der Waals surface area contributed by atoms with E-state index in [1.165, 1.54) is 18.2 Å². The quantitative estimate of drug-likeness (QED) is 0.802. The number of thiocarbonyl (C=S) groups is 1. The van der Waals surface area contributed by atoms with E-state index in [9.17, 15) is 9.50 Å². The molecule has 0 aliphatic carbocycles. The Morgan fingerprint density at radius 2 is 1.76 bits per heavy atom. The van der Waals surface area contributed by atoms with Gasteiger partial charge in [0, 0.05) is 11.1 Å². The summed E-state index contributed by atoms with van der Waals surface area (Å²) in [4.78, 5) is 0.227. The van der Waals surface area contributed by atoms with Gasteiger partial charge in [0.15, 0.2) is 0 Å². The van der Waals surface area contributed by atoms with Gasteiger partial charge in [-0.05, 0) is 35.9 Å². The van der Waals surface area contributed by atoms with Crippen LogP contribution in [0.5, 0.6) is 5.75 Å².